The van der Waals surface area contributed by atoms with E-state index in [0.29, 0.717) is 8.84 Å². The fourth-order valence-electron chi connectivity index (χ4n) is 3.48. The number of hydrogen-bond acceptors (Lipinski definition) is 2. The Balaban J connectivity index is 1.63. The molecule has 3 aliphatic carbocycles. The topological polar surface area (TPSA) is 18.5 Å². The van der Waals surface area contributed by atoms with Crippen LogP contribution in [0.3, 0.4) is 0 Å². The van der Waals surface area contributed by atoms with Crippen LogP contribution in [0.1, 0.15) is 47.0 Å². The minimum atomic E-state index is -0.163. The summed E-state index contributed by atoms with van der Waals surface area (Å²) in [5.74, 6) is 0. The molecule has 0 aromatic heterocycles. The number of alkyl halides is 1. The van der Waals surface area contributed by atoms with Gasteiger partial charge in [-0.25, -0.2) is 0 Å². The fourth-order valence-corrected chi connectivity index (χ4v) is 5.91. The molecule has 2 bridgehead atoms. The highest BCUT2D eigenvalue weighted by molar-refractivity contribution is 14.1. The molecule has 16 heavy (non-hydrogen) atoms. The Morgan fingerprint density at radius 2 is 1.44 bits per heavy atom. The predicted octanol–water partition coefficient (Wildman–Crippen LogP) is 3.44. The van der Waals surface area contributed by atoms with E-state index in [2.05, 4.69) is 50.3 Å². The molecule has 0 radical (unpaired) electrons. The molecule has 1 heterocycles. The Labute approximate surface area is 112 Å². The first-order valence-electron chi connectivity index (χ1n) is 6.20. The molecule has 1 saturated heterocycles. The minimum absolute atomic E-state index is 0.0197. The van der Waals surface area contributed by atoms with E-state index in [1.165, 1.54) is 19.3 Å². The Morgan fingerprint density at radius 1 is 1.00 bits per heavy atom. The highest BCUT2D eigenvalue weighted by Crippen LogP contribution is 2.74. The van der Waals surface area contributed by atoms with Gasteiger partial charge in [-0.2, -0.15) is 0 Å². The molecule has 0 aromatic carbocycles. The van der Waals surface area contributed by atoms with Crippen LogP contribution in [0.25, 0.3) is 0 Å². The smallest absolute Gasteiger partial charge is 0.403 e. The maximum Gasteiger partial charge on any atom is 0.458 e. The summed E-state index contributed by atoms with van der Waals surface area (Å²) < 4.78 is 12.8. The SMILES string of the molecule is CC1(C)OB(CC23CC(I)(C2)C3)OC1(C)C. The van der Waals surface area contributed by atoms with Crippen LogP contribution >= 0.6 is 22.6 Å². The van der Waals surface area contributed by atoms with E-state index in [-0.39, 0.29) is 18.3 Å². The largest absolute Gasteiger partial charge is 0.458 e. The second kappa shape index (κ2) is 2.99. The summed E-state index contributed by atoms with van der Waals surface area (Å²) >= 11 is 2.62. The zero-order valence-electron chi connectivity index (χ0n) is 10.6. The van der Waals surface area contributed by atoms with Crippen molar-refractivity contribution in [2.24, 2.45) is 5.41 Å². The Bertz CT molecular complexity index is 304. The predicted molar refractivity (Wildman–Crippen MR) is 73.9 cm³/mol. The molecule has 4 aliphatic rings. The number of rotatable bonds is 2. The zero-order valence-corrected chi connectivity index (χ0v) is 12.8. The fraction of sp³-hybridized carbons (Fsp3) is 1.00. The molecule has 0 spiro atoms. The molecule has 0 unspecified atom stereocenters. The number of hydrogen-bond donors (Lipinski definition) is 0. The first kappa shape index (κ1) is 11.8. The zero-order chi connectivity index (χ0) is 11.8. The van der Waals surface area contributed by atoms with Crippen LogP contribution in [0.4, 0.5) is 0 Å². The van der Waals surface area contributed by atoms with E-state index in [4.69, 9.17) is 9.31 Å². The van der Waals surface area contributed by atoms with Gasteiger partial charge in [0.25, 0.3) is 0 Å². The highest BCUT2D eigenvalue weighted by Gasteiger charge is 2.68. The van der Waals surface area contributed by atoms with Crippen molar-refractivity contribution in [2.75, 3.05) is 0 Å². The Morgan fingerprint density at radius 3 is 1.81 bits per heavy atom. The van der Waals surface area contributed by atoms with Gasteiger partial charge >= 0.3 is 7.12 Å². The van der Waals surface area contributed by atoms with Crippen LogP contribution in [-0.2, 0) is 9.31 Å². The van der Waals surface area contributed by atoms with Crippen molar-refractivity contribution in [1.29, 1.82) is 0 Å². The van der Waals surface area contributed by atoms with Crippen molar-refractivity contribution in [2.45, 2.75) is 67.9 Å². The van der Waals surface area contributed by atoms with Gasteiger partial charge in [-0.05, 0) is 58.7 Å². The van der Waals surface area contributed by atoms with Crippen molar-refractivity contribution in [3.63, 3.8) is 0 Å². The quantitative estimate of drug-likeness (QED) is 0.438. The lowest BCUT2D eigenvalue weighted by atomic mass is 9.39. The lowest BCUT2D eigenvalue weighted by molar-refractivity contribution is -0.0486. The van der Waals surface area contributed by atoms with Gasteiger partial charge in [-0.15, -0.1) is 0 Å². The molecule has 0 amide bonds. The molecule has 0 aromatic rings. The second-order valence-electron chi connectivity index (χ2n) is 7.07. The summed E-state index contributed by atoms with van der Waals surface area (Å²) in [5, 5.41) is 0. The molecule has 2 nitrogen and oxygen atoms in total. The van der Waals surface area contributed by atoms with Crippen molar-refractivity contribution in [1.82, 2.24) is 0 Å². The first-order chi connectivity index (χ1) is 7.16. The van der Waals surface area contributed by atoms with Gasteiger partial charge in [0.15, 0.2) is 0 Å². The third-order valence-corrected chi connectivity index (χ3v) is 6.12. The first-order valence-corrected chi connectivity index (χ1v) is 7.28. The van der Waals surface area contributed by atoms with Gasteiger partial charge in [0, 0.05) is 3.42 Å². The van der Waals surface area contributed by atoms with Gasteiger partial charge in [-0.1, -0.05) is 22.6 Å². The van der Waals surface area contributed by atoms with Gasteiger partial charge in [0.1, 0.15) is 0 Å². The Kier molecular flexibility index (Phi) is 2.21. The van der Waals surface area contributed by atoms with Crippen LogP contribution < -0.4 is 0 Å². The van der Waals surface area contributed by atoms with Gasteiger partial charge in [0.05, 0.1) is 11.2 Å². The molecule has 4 heteroatoms. The van der Waals surface area contributed by atoms with Gasteiger partial charge < -0.3 is 9.31 Å². The lowest BCUT2D eigenvalue weighted by Crippen LogP contribution is -2.64. The van der Waals surface area contributed by atoms with Crippen molar-refractivity contribution in [3.8, 4) is 0 Å². The molecule has 0 atom stereocenters. The summed E-state index contributed by atoms with van der Waals surface area (Å²) in [5.41, 5.74) is 0.245. The van der Waals surface area contributed by atoms with Gasteiger partial charge in [-0.3, -0.25) is 0 Å². The van der Waals surface area contributed by atoms with Crippen LogP contribution in [0.5, 0.6) is 0 Å². The Hall–Kier alpha value is 0.715. The highest BCUT2D eigenvalue weighted by atomic mass is 127. The molecular weight excluding hydrogens is 314 g/mol. The van der Waals surface area contributed by atoms with E-state index in [0.717, 1.165) is 6.32 Å². The van der Waals surface area contributed by atoms with Crippen molar-refractivity contribution in [3.05, 3.63) is 0 Å². The van der Waals surface area contributed by atoms with Crippen molar-refractivity contribution >= 4 is 29.7 Å². The average molecular weight is 334 g/mol. The lowest BCUT2D eigenvalue weighted by Gasteiger charge is -2.68. The van der Waals surface area contributed by atoms with E-state index < -0.39 is 0 Å². The van der Waals surface area contributed by atoms with Crippen LogP contribution in [-0.4, -0.2) is 21.7 Å². The molecule has 3 saturated carbocycles. The number of halogens is 1. The third kappa shape index (κ3) is 1.52. The molecule has 4 fully saturated rings. The normalized spacial score (nSPS) is 47.4. The molecule has 0 N–H and O–H groups in total. The summed E-state index contributed by atoms with van der Waals surface area (Å²) in [6.45, 7) is 8.54. The van der Waals surface area contributed by atoms with E-state index >= 15 is 0 Å². The standard InChI is InChI=1S/C12H20BIO2/c1-9(2)10(3,4)16-13(15-9)8-11-5-12(14,6-11)7-11/h5-8H2,1-4H3. The van der Waals surface area contributed by atoms with Crippen molar-refractivity contribution < 1.29 is 9.31 Å². The molecule has 90 valence electrons. The summed E-state index contributed by atoms with van der Waals surface area (Å²) in [4.78, 5) is 0. The summed E-state index contributed by atoms with van der Waals surface area (Å²) in [7, 11) is 0.0197. The summed E-state index contributed by atoms with van der Waals surface area (Å²) in [6.07, 6.45) is 5.24. The maximum absolute atomic E-state index is 6.07. The molecular formula is C12H20BIO2. The average Bonchev–Trinajstić information content (AvgIpc) is 2.14. The third-order valence-electron chi connectivity index (χ3n) is 4.98. The second-order valence-corrected chi connectivity index (χ2v) is 9.36. The van der Waals surface area contributed by atoms with E-state index in [1.807, 2.05) is 0 Å². The van der Waals surface area contributed by atoms with E-state index in [9.17, 15) is 0 Å². The maximum atomic E-state index is 6.07. The van der Waals surface area contributed by atoms with Gasteiger partial charge in [0.2, 0.25) is 0 Å². The van der Waals surface area contributed by atoms with Crippen LogP contribution in [0, 0.1) is 5.41 Å². The minimum Gasteiger partial charge on any atom is -0.403 e. The van der Waals surface area contributed by atoms with Crippen LogP contribution in [0.15, 0.2) is 0 Å². The van der Waals surface area contributed by atoms with Crippen LogP contribution in [0.2, 0.25) is 6.32 Å². The summed E-state index contributed by atoms with van der Waals surface area (Å²) in [6, 6.07) is 0. The molecule has 4 rings (SSSR count). The van der Waals surface area contributed by atoms with E-state index in [1.54, 1.807) is 0 Å². The monoisotopic (exact) mass is 334 g/mol. The molecule has 1 aliphatic heterocycles.